The van der Waals surface area contributed by atoms with Crippen molar-refractivity contribution in [2.24, 2.45) is 4.99 Å². The Labute approximate surface area is 108 Å². The largest absolute Gasteiger partial charge is 0.383 e. The molecule has 1 amide bonds. The predicted molar refractivity (Wildman–Crippen MR) is 74.0 cm³/mol. The number of benzene rings is 1. The molecule has 0 aliphatic heterocycles. The molecule has 0 saturated carbocycles. The maximum absolute atomic E-state index is 12.0. The Hall–Kier alpha value is -1.68. The van der Waals surface area contributed by atoms with Crippen molar-refractivity contribution in [3.63, 3.8) is 0 Å². The van der Waals surface area contributed by atoms with Crippen LogP contribution in [0.1, 0.15) is 28.4 Å². The molecule has 0 aliphatic rings. The summed E-state index contributed by atoms with van der Waals surface area (Å²) in [5.41, 5.74) is 3.52. The van der Waals surface area contributed by atoms with Gasteiger partial charge in [0.1, 0.15) is 0 Å². The molecule has 0 saturated heterocycles. The van der Waals surface area contributed by atoms with Crippen molar-refractivity contribution in [2.45, 2.75) is 20.8 Å². The van der Waals surface area contributed by atoms with Gasteiger partial charge in [-0.25, -0.2) is 0 Å². The summed E-state index contributed by atoms with van der Waals surface area (Å²) in [5, 5.41) is 2.82. The lowest BCUT2D eigenvalue weighted by Gasteiger charge is -2.10. The fraction of sp³-hybridized carbons (Fsp3) is 0.429. The molecule has 0 radical (unpaired) electrons. The highest BCUT2D eigenvalue weighted by Crippen LogP contribution is 2.23. The lowest BCUT2D eigenvalue weighted by Crippen LogP contribution is -2.27. The zero-order valence-corrected chi connectivity index (χ0v) is 11.4. The topological polar surface area (TPSA) is 50.7 Å². The summed E-state index contributed by atoms with van der Waals surface area (Å²) in [6.45, 7) is 6.78. The van der Waals surface area contributed by atoms with E-state index in [4.69, 9.17) is 4.74 Å². The third-order valence-corrected chi connectivity index (χ3v) is 2.65. The highest BCUT2D eigenvalue weighted by molar-refractivity contribution is 5.96. The van der Waals surface area contributed by atoms with Crippen molar-refractivity contribution in [3.8, 4) is 0 Å². The second kappa shape index (κ2) is 6.91. The summed E-state index contributed by atoms with van der Waals surface area (Å²) in [6.07, 6.45) is 1.75. The van der Waals surface area contributed by atoms with E-state index in [1.807, 2.05) is 32.9 Å². The number of aryl methyl sites for hydroxylation is 2. The van der Waals surface area contributed by atoms with Gasteiger partial charge in [-0.3, -0.25) is 9.79 Å². The van der Waals surface area contributed by atoms with Gasteiger partial charge in [-0.1, -0.05) is 0 Å². The molecule has 4 nitrogen and oxygen atoms in total. The zero-order chi connectivity index (χ0) is 13.5. The number of carbonyl (C=O) groups excluding carboxylic acids is 1. The van der Waals surface area contributed by atoms with Crippen LogP contribution in [0.15, 0.2) is 17.1 Å². The second-order valence-corrected chi connectivity index (χ2v) is 4.09. The number of hydrogen-bond donors (Lipinski definition) is 1. The number of amides is 1. The molecule has 0 unspecified atom stereocenters. The van der Waals surface area contributed by atoms with Crippen molar-refractivity contribution >= 4 is 17.8 Å². The Bertz CT molecular complexity index is 453. The first kappa shape index (κ1) is 14.4. The molecule has 4 heteroatoms. The fourth-order valence-corrected chi connectivity index (χ4v) is 1.69. The van der Waals surface area contributed by atoms with Gasteiger partial charge >= 0.3 is 0 Å². The van der Waals surface area contributed by atoms with Crippen LogP contribution in [-0.2, 0) is 4.74 Å². The van der Waals surface area contributed by atoms with Gasteiger partial charge < -0.3 is 10.1 Å². The van der Waals surface area contributed by atoms with Gasteiger partial charge in [0.2, 0.25) is 0 Å². The Morgan fingerprint density at radius 2 is 2.11 bits per heavy atom. The molecule has 1 N–H and O–H groups in total. The molecule has 0 fully saturated rings. The van der Waals surface area contributed by atoms with Crippen molar-refractivity contribution < 1.29 is 9.53 Å². The van der Waals surface area contributed by atoms with Crippen LogP contribution < -0.4 is 5.32 Å². The normalized spacial score (nSPS) is 10.9. The van der Waals surface area contributed by atoms with E-state index < -0.39 is 0 Å². The van der Waals surface area contributed by atoms with E-state index >= 15 is 0 Å². The zero-order valence-electron chi connectivity index (χ0n) is 11.4. The lowest BCUT2D eigenvalue weighted by atomic mass is 10.0. The minimum Gasteiger partial charge on any atom is -0.383 e. The number of aliphatic imine (C=N–C) groups is 1. The van der Waals surface area contributed by atoms with Crippen LogP contribution in [0.2, 0.25) is 0 Å². The predicted octanol–water partition coefficient (Wildman–Crippen LogP) is 2.40. The Morgan fingerprint density at radius 1 is 1.39 bits per heavy atom. The molecule has 0 aliphatic carbocycles. The molecular weight excluding hydrogens is 228 g/mol. The molecule has 1 aromatic rings. The molecule has 1 aromatic carbocycles. The van der Waals surface area contributed by atoms with E-state index in [2.05, 4.69) is 10.3 Å². The van der Waals surface area contributed by atoms with Crippen LogP contribution in [0.4, 0.5) is 5.69 Å². The molecule has 0 spiro atoms. The van der Waals surface area contributed by atoms with Gasteiger partial charge in [-0.15, -0.1) is 0 Å². The third kappa shape index (κ3) is 3.67. The van der Waals surface area contributed by atoms with Crippen LogP contribution in [0.3, 0.4) is 0 Å². The van der Waals surface area contributed by atoms with Gasteiger partial charge in [-0.05, 0) is 44.0 Å². The molecule has 18 heavy (non-hydrogen) atoms. The van der Waals surface area contributed by atoms with Gasteiger partial charge in [0, 0.05) is 25.4 Å². The van der Waals surface area contributed by atoms with Crippen molar-refractivity contribution in [1.82, 2.24) is 5.32 Å². The van der Waals surface area contributed by atoms with E-state index in [9.17, 15) is 4.79 Å². The first-order valence-corrected chi connectivity index (χ1v) is 5.97. The number of ether oxygens (including phenoxy) is 1. The first-order chi connectivity index (χ1) is 8.60. The molecule has 0 atom stereocenters. The van der Waals surface area contributed by atoms with E-state index in [1.165, 1.54) is 0 Å². The standard InChI is InChI=1S/C14H20N2O2/c1-5-15-13-9-10(2)12(8-11(13)3)14(17)16-6-7-18-4/h5,8-9H,6-7H2,1-4H3,(H,16,17)/b15-5+. The smallest absolute Gasteiger partial charge is 0.251 e. The van der Waals surface area contributed by atoms with Gasteiger partial charge in [0.25, 0.3) is 5.91 Å². The third-order valence-electron chi connectivity index (χ3n) is 2.65. The monoisotopic (exact) mass is 248 g/mol. The van der Waals surface area contributed by atoms with Crippen LogP contribution in [0.25, 0.3) is 0 Å². The average Bonchev–Trinajstić information content (AvgIpc) is 2.34. The molecule has 0 heterocycles. The van der Waals surface area contributed by atoms with Crippen LogP contribution >= 0.6 is 0 Å². The SMILES string of the molecule is C/C=N/c1cc(C)c(C(=O)NCCOC)cc1C. The summed E-state index contributed by atoms with van der Waals surface area (Å²) in [5.74, 6) is -0.0697. The van der Waals surface area contributed by atoms with E-state index in [1.54, 1.807) is 13.3 Å². The van der Waals surface area contributed by atoms with Crippen LogP contribution in [-0.4, -0.2) is 32.4 Å². The maximum Gasteiger partial charge on any atom is 0.251 e. The quantitative estimate of drug-likeness (QED) is 0.642. The minimum atomic E-state index is -0.0697. The van der Waals surface area contributed by atoms with Crippen molar-refractivity contribution in [3.05, 3.63) is 28.8 Å². The molecule has 1 rings (SSSR count). The van der Waals surface area contributed by atoms with E-state index in [-0.39, 0.29) is 5.91 Å². The van der Waals surface area contributed by atoms with Crippen LogP contribution in [0, 0.1) is 13.8 Å². The van der Waals surface area contributed by atoms with Gasteiger partial charge in [0.15, 0.2) is 0 Å². The summed E-state index contributed by atoms with van der Waals surface area (Å²) in [7, 11) is 1.61. The number of methoxy groups -OCH3 is 1. The van der Waals surface area contributed by atoms with Crippen LogP contribution in [0.5, 0.6) is 0 Å². The van der Waals surface area contributed by atoms with Gasteiger partial charge in [-0.2, -0.15) is 0 Å². The highest BCUT2D eigenvalue weighted by Gasteiger charge is 2.10. The van der Waals surface area contributed by atoms with Crippen molar-refractivity contribution in [1.29, 1.82) is 0 Å². The first-order valence-electron chi connectivity index (χ1n) is 5.97. The van der Waals surface area contributed by atoms with Gasteiger partial charge in [0.05, 0.1) is 12.3 Å². The molecular formula is C14H20N2O2. The lowest BCUT2D eigenvalue weighted by molar-refractivity contribution is 0.0936. The molecule has 0 bridgehead atoms. The number of nitrogens with one attached hydrogen (secondary N) is 1. The van der Waals surface area contributed by atoms with E-state index in [0.29, 0.717) is 18.7 Å². The molecule has 0 aromatic heterocycles. The second-order valence-electron chi connectivity index (χ2n) is 4.09. The van der Waals surface area contributed by atoms with Crippen molar-refractivity contribution in [2.75, 3.05) is 20.3 Å². The highest BCUT2D eigenvalue weighted by atomic mass is 16.5. The number of rotatable bonds is 5. The summed E-state index contributed by atoms with van der Waals surface area (Å²) < 4.78 is 4.90. The minimum absolute atomic E-state index is 0.0697. The summed E-state index contributed by atoms with van der Waals surface area (Å²) >= 11 is 0. The maximum atomic E-state index is 12.0. The summed E-state index contributed by atoms with van der Waals surface area (Å²) in [4.78, 5) is 16.2. The number of nitrogens with zero attached hydrogens (tertiary/aromatic N) is 1. The fourth-order valence-electron chi connectivity index (χ4n) is 1.69. The average molecular weight is 248 g/mol. The van der Waals surface area contributed by atoms with E-state index in [0.717, 1.165) is 16.8 Å². The number of hydrogen-bond acceptors (Lipinski definition) is 3. The molecule has 98 valence electrons. The summed E-state index contributed by atoms with van der Waals surface area (Å²) in [6, 6.07) is 3.81. The Morgan fingerprint density at radius 3 is 2.72 bits per heavy atom. The number of carbonyl (C=O) groups is 1. The Balaban J connectivity index is 2.90. The Kier molecular flexibility index (Phi) is 5.52.